The van der Waals surface area contributed by atoms with Gasteiger partial charge in [0.25, 0.3) is 0 Å². The lowest BCUT2D eigenvalue weighted by molar-refractivity contribution is 0.350. The second-order valence-electron chi connectivity index (χ2n) is 5.03. The molecule has 22 heavy (non-hydrogen) atoms. The Balaban J connectivity index is 1.58. The van der Waals surface area contributed by atoms with E-state index in [1.54, 1.807) is 6.20 Å². The molecule has 3 rings (SSSR count). The Labute approximate surface area is 133 Å². The molecule has 0 amide bonds. The van der Waals surface area contributed by atoms with Gasteiger partial charge in [0, 0.05) is 29.0 Å². The van der Waals surface area contributed by atoms with E-state index < -0.39 is 0 Å². The van der Waals surface area contributed by atoms with Crippen molar-refractivity contribution in [3.63, 3.8) is 0 Å². The van der Waals surface area contributed by atoms with Gasteiger partial charge < -0.3 is 9.84 Å². The molecule has 0 fully saturated rings. The Bertz CT molecular complexity index is 725. The molecule has 0 aliphatic heterocycles. The van der Waals surface area contributed by atoms with E-state index in [0.717, 1.165) is 12.1 Å². The maximum atomic E-state index is 5.97. The highest BCUT2D eigenvalue weighted by atomic mass is 35.5. The number of nitrogens with zero attached hydrogens (tertiary/aromatic N) is 4. The van der Waals surface area contributed by atoms with Crippen LogP contribution in [0.1, 0.15) is 12.8 Å². The minimum atomic E-state index is 0.237. The lowest BCUT2D eigenvalue weighted by Gasteiger charge is -2.11. The maximum absolute atomic E-state index is 5.97. The van der Waals surface area contributed by atoms with Crippen LogP contribution in [0.15, 0.2) is 47.2 Å². The SMILES string of the molecule is C[C@@H](Cn1cccn1)NCc1nc(-c2cccc(Cl)c2)no1. The number of hydrogen-bond donors (Lipinski definition) is 1. The average Bonchev–Trinajstić information content (AvgIpc) is 3.16. The lowest BCUT2D eigenvalue weighted by atomic mass is 10.2. The third-order valence-electron chi connectivity index (χ3n) is 3.17. The summed E-state index contributed by atoms with van der Waals surface area (Å²) in [6.45, 7) is 3.37. The second kappa shape index (κ2) is 6.72. The predicted molar refractivity (Wildman–Crippen MR) is 83.3 cm³/mol. The summed E-state index contributed by atoms with van der Waals surface area (Å²) in [4.78, 5) is 4.37. The molecule has 0 radical (unpaired) electrons. The number of hydrogen-bond acceptors (Lipinski definition) is 5. The molecular formula is C15H16ClN5O. The van der Waals surface area contributed by atoms with Gasteiger partial charge in [-0.25, -0.2) is 0 Å². The zero-order valence-corrected chi connectivity index (χ0v) is 12.9. The third-order valence-corrected chi connectivity index (χ3v) is 3.41. The molecule has 1 N–H and O–H groups in total. The number of benzene rings is 1. The van der Waals surface area contributed by atoms with Crippen LogP contribution in [0.3, 0.4) is 0 Å². The van der Waals surface area contributed by atoms with Crippen LogP contribution in [0.4, 0.5) is 0 Å². The van der Waals surface area contributed by atoms with Gasteiger partial charge in [-0.3, -0.25) is 4.68 Å². The lowest BCUT2D eigenvalue weighted by Crippen LogP contribution is -2.30. The van der Waals surface area contributed by atoms with Crippen molar-refractivity contribution < 1.29 is 4.52 Å². The number of aromatic nitrogens is 4. The Hall–Kier alpha value is -2.18. The first-order valence-corrected chi connectivity index (χ1v) is 7.38. The Morgan fingerprint density at radius 3 is 3.05 bits per heavy atom. The van der Waals surface area contributed by atoms with Gasteiger partial charge in [0.2, 0.25) is 11.7 Å². The molecule has 0 spiro atoms. The zero-order chi connectivity index (χ0) is 15.4. The van der Waals surface area contributed by atoms with Crippen molar-refractivity contribution in [3.05, 3.63) is 53.6 Å². The van der Waals surface area contributed by atoms with Crippen LogP contribution in [0.25, 0.3) is 11.4 Å². The molecule has 2 aromatic heterocycles. The summed E-state index contributed by atoms with van der Waals surface area (Å²) in [5, 5.41) is 12.1. The van der Waals surface area contributed by atoms with Gasteiger partial charge >= 0.3 is 0 Å². The normalized spacial score (nSPS) is 12.5. The van der Waals surface area contributed by atoms with Crippen molar-refractivity contribution in [2.24, 2.45) is 0 Å². The molecule has 1 atom stereocenters. The standard InChI is InChI=1S/C15H16ClN5O/c1-11(10-21-7-3-6-18-21)17-9-14-19-15(20-22-14)12-4-2-5-13(16)8-12/h2-8,11,17H,9-10H2,1H3/t11-/m0/s1. The van der Waals surface area contributed by atoms with Crippen molar-refractivity contribution in [2.45, 2.75) is 26.1 Å². The summed E-state index contributed by atoms with van der Waals surface area (Å²) in [6.07, 6.45) is 3.70. The Morgan fingerprint density at radius 2 is 2.27 bits per heavy atom. The van der Waals surface area contributed by atoms with E-state index in [-0.39, 0.29) is 6.04 Å². The summed E-state index contributed by atoms with van der Waals surface area (Å²) in [5.74, 6) is 1.08. The van der Waals surface area contributed by atoms with Crippen molar-refractivity contribution >= 4 is 11.6 Å². The zero-order valence-electron chi connectivity index (χ0n) is 12.1. The molecule has 0 aliphatic rings. The largest absolute Gasteiger partial charge is 0.338 e. The van der Waals surface area contributed by atoms with E-state index in [4.69, 9.17) is 16.1 Å². The van der Waals surface area contributed by atoms with Gasteiger partial charge in [0.1, 0.15) is 0 Å². The first kappa shape index (κ1) is 14.7. The highest BCUT2D eigenvalue weighted by molar-refractivity contribution is 6.30. The molecule has 0 bridgehead atoms. The van der Waals surface area contributed by atoms with Gasteiger partial charge in [-0.05, 0) is 25.1 Å². The van der Waals surface area contributed by atoms with Crippen molar-refractivity contribution in [3.8, 4) is 11.4 Å². The van der Waals surface area contributed by atoms with E-state index in [1.807, 2.05) is 41.2 Å². The van der Waals surface area contributed by atoms with Crippen LogP contribution in [-0.4, -0.2) is 26.0 Å². The fourth-order valence-electron chi connectivity index (χ4n) is 2.09. The van der Waals surface area contributed by atoms with Crippen molar-refractivity contribution in [1.29, 1.82) is 0 Å². The van der Waals surface area contributed by atoms with E-state index in [0.29, 0.717) is 23.3 Å². The molecule has 7 heteroatoms. The van der Waals surface area contributed by atoms with Crippen LogP contribution in [0.5, 0.6) is 0 Å². The van der Waals surface area contributed by atoms with Crippen molar-refractivity contribution in [2.75, 3.05) is 0 Å². The van der Waals surface area contributed by atoms with Gasteiger partial charge in [0.15, 0.2) is 0 Å². The molecule has 0 saturated heterocycles. The van der Waals surface area contributed by atoms with Gasteiger partial charge in [-0.1, -0.05) is 28.9 Å². The summed E-state index contributed by atoms with van der Waals surface area (Å²) < 4.78 is 7.13. The van der Waals surface area contributed by atoms with Crippen LogP contribution in [0.2, 0.25) is 5.02 Å². The molecule has 6 nitrogen and oxygen atoms in total. The molecule has 0 aliphatic carbocycles. The Morgan fingerprint density at radius 1 is 1.36 bits per heavy atom. The van der Waals surface area contributed by atoms with Crippen molar-refractivity contribution in [1.82, 2.24) is 25.2 Å². The quantitative estimate of drug-likeness (QED) is 0.757. The molecular weight excluding hydrogens is 302 g/mol. The summed E-state index contributed by atoms with van der Waals surface area (Å²) in [7, 11) is 0. The number of nitrogens with one attached hydrogen (secondary N) is 1. The summed E-state index contributed by atoms with van der Waals surface area (Å²) in [5.41, 5.74) is 0.840. The molecule has 114 valence electrons. The van der Waals surface area contributed by atoms with Crippen LogP contribution in [-0.2, 0) is 13.1 Å². The molecule has 0 unspecified atom stereocenters. The van der Waals surface area contributed by atoms with Crippen LogP contribution < -0.4 is 5.32 Å². The van der Waals surface area contributed by atoms with Crippen LogP contribution in [0, 0.1) is 0 Å². The van der Waals surface area contributed by atoms with Crippen LogP contribution >= 0.6 is 11.6 Å². The maximum Gasteiger partial charge on any atom is 0.240 e. The monoisotopic (exact) mass is 317 g/mol. The molecule has 2 heterocycles. The fourth-order valence-corrected chi connectivity index (χ4v) is 2.28. The average molecular weight is 318 g/mol. The van der Waals surface area contributed by atoms with E-state index in [1.165, 1.54) is 0 Å². The highest BCUT2D eigenvalue weighted by Gasteiger charge is 2.10. The van der Waals surface area contributed by atoms with E-state index >= 15 is 0 Å². The number of rotatable bonds is 6. The molecule has 3 aromatic rings. The predicted octanol–water partition coefficient (Wildman–Crippen LogP) is 2.76. The molecule has 1 aromatic carbocycles. The van der Waals surface area contributed by atoms with Gasteiger partial charge in [0.05, 0.1) is 13.1 Å². The second-order valence-corrected chi connectivity index (χ2v) is 5.47. The summed E-state index contributed by atoms with van der Waals surface area (Å²) in [6, 6.07) is 9.52. The minimum Gasteiger partial charge on any atom is -0.338 e. The fraction of sp³-hybridized carbons (Fsp3) is 0.267. The molecule has 0 saturated carbocycles. The minimum absolute atomic E-state index is 0.237. The van der Waals surface area contributed by atoms with Gasteiger partial charge in [-0.15, -0.1) is 0 Å². The highest BCUT2D eigenvalue weighted by Crippen LogP contribution is 2.19. The smallest absolute Gasteiger partial charge is 0.240 e. The van der Waals surface area contributed by atoms with E-state index in [9.17, 15) is 0 Å². The topological polar surface area (TPSA) is 68.8 Å². The summed E-state index contributed by atoms with van der Waals surface area (Å²) >= 11 is 5.97. The number of halogens is 1. The Kier molecular flexibility index (Phi) is 4.50. The third kappa shape index (κ3) is 3.72. The van der Waals surface area contributed by atoms with E-state index in [2.05, 4.69) is 27.5 Å². The first-order chi connectivity index (χ1) is 10.7. The van der Waals surface area contributed by atoms with Gasteiger partial charge in [-0.2, -0.15) is 10.1 Å². The first-order valence-electron chi connectivity index (χ1n) is 7.00.